The minimum Gasteiger partial charge on any atom is -0.382 e. The van der Waals surface area contributed by atoms with E-state index in [0.717, 1.165) is 18.6 Å². The van der Waals surface area contributed by atoms with Gasteiger partial charge in [-0.15, -0.1) is 0 Å². The fourth-order valence-corrected chi connectivity index (χ4v) is 1.46. The topological polar surface area (TPSA) is 69.6 Å². The first kappa shape index (κ1) is 9.89. The first-order valence-corrected chi connectivity index (χ1v) is 5.10. The highest BCUT2D eigenvalue weighted by Gasteiger charge is 2.07. The van der Waals surface area contributed by atoms with Crippen molar-refractivity contribution in [3.63, 3.8) is 0 Å². The lowest BCUT2D eigenvalue weighted by Gasteiger charge is -2.05. The van der Waals surface area contributed by atoms with Crippen LogP contribution in [0.5, 0.6) is 0 Å². The summed E-state index contributed by atoms with van der Waals surface area (Å²) >= 11 is 0. The normalized spacial score (nSPS) is 11.4. The molecule has 0 spiro atoms. The van der Waals surface area contributed by atoms with Crippen LogP contribution in [0.15, 0.2) is 12.7 Å². The molecule has 2 aromatic heterocycles. The fourth-order valence-electron chi connectivity index (χ4n) is 1.46. The number of nitrogen functional groups attached to an aromatic ring is 1. The van der Waals surface area contributed by atoms with Crippen LogP contribution >= 0.6 is 0 Å². The summed E-state index contributed by atoms with van der Waals surface area (Å²) in [5.41, 5.74) is 7.22. The van der Waals surface area contributed by atoms with Gasteiger partial charge in [0, 0.05) is 6.54 Å². The Bertz CT molecular complexity index is 460. The summed E-state index contributed by atoms with van der Waals surface area (Å²) in [7, 11) is 0. The molecule has 0 aromatic carbocycles. The highest BCUT2D eigenvalue weighted by atomic mass is 15.1. The Balaban J connectivity index is 2.33. The molecule has 2 rings (SSSR count). The summed E-state index contributed by atoms with van der Waals surface area (Å²) < 4.78 is 2.02. The lowest BCUT2D eigenvalue weighted by Crippen LogP contribution is -2.01. The van der Waals surface area contributed by atoms with E-state index < -0.39 is 0 Å². The molecule has 0 saturated heterocycles. The van der Waals surface area contributed by atoms with Crippen molar-refractivity contribution in [2.45, 2.75) is 26.8 Å². The second kappa shape index (κ2) is 3.84. The van der Waals surface area contributed by atoms with E-state index in [4.69, 9.17) is 5.73 Å². The quantitative estimate of drug-likeness (QED) is 0.823. The third kappa shape index (κ3) is 1.91. The van der Waals surface area contributed by atoms with Crippen LogP contribution in [0, 0.1) is 5.92 Å². The second-order valence-corrected chi connectivity index (χ2v) is 4.05. The van der Waals surface area contributed by atoms with Gasteiger partial charge >= 0.3 is 0 Å². The number of aryl methyl sites for hydroxylation is 1. The number of hydrogen-bond donors (Lipinski definition) is 1. The molecule has 15 heavy (non-hydrogen) atoms. The van der Waals surface area contributed by atoms with Crippen molar-refractivity contribution >= 4 is 17.0 Å². The lowest BCUT2D eigenvalue weighted by atomic mass is 10.1. The van der Waals surface area contributed by atoms with Crippen LogP contribution < -0.4 is 5.73 Å². The van der Waals surface area contributed by atoms with Gasteiger partial charge < -0.3 is 10.3 Å². The van der Waals surface area contributed by atoms with E-state index in [-0.39, 0.29) is 0 Å². The van der Waals surface area contributed by atoms with Gasteiger partial charge in [0.1, 0.15) is 11.8 Å². The van der Waals surface area contributed by atoms with E-state index >= 15 is 0 Å². The van der Waals surface area contributed by atoms with Crippen molar-refractivity contribution in [3.05, 3.63) is 12.7 Å². The minimum absolute atomic E-state index is 0.447. The van der Waals surface area contributed by atoms with Crippen molar-refractivity contribution in [1.82, 2.24) is 19.5 Å². The second-order valence-electron chi connectivity index (χ2n) is 4.05. The van der Waals surface area contributed by atoms with Gasteiger partial charge in [0.15, 0.2) is 11.5 Å². The van der Waals surface area contributed by atoms with E-state index in [1.807, 2.05) is 4.57 Å². The predicted octanol–water partition coefficient (Wildman–Crippen LogP) is 1.45. The molecule has 0 saturated carbocycles. The number of nitrogens with zero attached hydrogens (tertiary/aromatic N) is 4. The molecule has 0 atom stereocenters. The number of nitrogens with two attached hydrogens (primary N) is 1. The highest BCUT2D eigenvalue weighted by Crippen LogP contribution is 2.15. The maximum Gasteiger partial charge on any atom is 0.165 e. The van der Waals surface area contributed by atoms with Crippen LogP contribution in [0.3, 0.4) is 0 Å². The first-order valence-electron chi connectivity index (χ1n) is 5.10. The zero-order valence-corrected chi connectivity index (χ0v) is 9.01. The molecule has 5 heteroatoms. The molecule has 0 aliphatic carbocycles. The van der Waals surface area contributed by atoms with Crippen molar-refractivity contribution in [3.8, 4) is 0 Å². The Morgan fingerprint density at radius 2 is 2.13 bits per heavy atom. The molecule has 0 aliphatic heterocycles. The van der Waals surface area contributed by atoms with Crippen LogP contribution in [0.4, 0.5) is 5.82 Å². The van der Waals surface area contributed by atoms with Gasteiger partial charge in [0.2, 0.25) is 0 Å². The van der Waals surface area contributed by atoms with E-state index in [1.165, 1.54) is 6.33 Å². The Morgan fingerprint density at radius 3 is 2.87 bits per heavy atom. The molecule has 0 radical (unpaired) electrons. The lowest BCUT2D eigenvalue weighted by molar-refractivity contribution is 0.521. The summed E-state index contributed by atoms with van der Waals surface area (Å²) in [6, 6.07) is 0. The Labute approximate surface area is 88.4 Å². The van der Waals surface area contributed by atoms with Gasteiger partial charge in [-0.05, 0) is 12.3 Å². The van der Waals surface area contributed by atoms with Crippen LogP contribution in [-0.4, -0.2) is 19.5 Å². The number of hydrogen-bond acceptors (Lipinski definition) is 4. The molecule has 5 nitrogen and oxygen atoms in total. The largest absolute Gasteiger partial charge is 0.382 e. The minimum atomic E-state index is 0.447. The Hall–Kier alpha value is -1.65. The van der Waals surface area contributed by atoms with E-state index in [0.29, 0.717) is 17.3 Å². The van der Waals surface area contributed by atoms with Gasteiger partial charge in [-0.2, -0.15) is 0 Å². The SMILES string of the molecule is CC(C)CCn1cnc2c(N)ncnc21. The van der Waals surface area contributed by atoms with Gasteiger partial charge in [-0.3, -0.25) is 0 Å². The number of rotatable bonds is 3. The van der Waals surface area contributed by atoms with Crippen molar-refractivity contribution in [2.24, 2.45) is 5.92 Å². The Kier molecular flexibility index (Phi) is 2.53. The molecule has 0 fully saturated rings. The smallest absolute Gasteiger partial charge is 0.165 e. The molecule has 0 bridgehead atoms. The standard InChI is InChI=1S/C10H15N5/c1-7(2)3-4-15-6-14-8-9(11)12-5-13-10(8)15/h5-7H,3-4H2,1-2H3,(H2,11,12,13). The summed E-state index contributed by atoms with van der Waals surface area (Å²) in [6.45, 7) is 5.32. The molecule has 80 valence electrons. The van der Waals surface area contributed by atoms with Gasteiger partial charge in [0.25, 0.3) is 0 Å². The third-order valence-electron chi connectivity index (χ3n) is 2.38. The predicted molar refractivity (Wildman–Crippen MR) is 59.2 cm³/mol. The van der Waals surface area contributed by atoms with Crippen LogP contribution in [0.25, 0.3) is 11.2 Å². The molecular weight excluding hydrogens is 190 g/mol. The number of anilines is 1. The first-order chi connectivity index (χ1) is 7.18. The maximum absolute atomic E-state index is 5.70. The zero-order valence-electron chi connectivity index (χ0n) is 9.01. The molecule has 2 aromatic rings. The monoisotopic (exact) mass is 205 g/mol. The fraction of sp³-hybridized carbons (Fsp3) is 0.500. The highest BCUT2D eigenvalue weighted by molar-refractivity contribution is 5.80. The molecule has 0 aliphatic rings. The zero-order chi connectivity index (χ0) is 10.8. The van der Waals surface area contributed by atoms with E-state index in [1.54, 1.807) is 6.33 Å². The van der Waals surface area contributed by atoms with Gasteiger partial charge in [-0.1, -0.05) is 13.8 Å². The molecule has 0 amide bonds. The third-order valence-corrected chi connectivity index (χ3v) is 2.38. The number of fused-ring (bicyclic) bond motifs is 1. The Morgan fingerprint density at radius 1 is 1.33 bits per heavy atom. The summed E-state index contributed by atoms with van der Waals surface area (Å²) in [5, 5.41) is 0. The average molecular weight is 205 g/mol. The van der Waals surface area contributed by atoms with Crippen LogP contribution in [-0.2, 0) is 6.54 Å². The maximum atomic E-state index is 5.70. The van der Waals surface area contributed by atoms with E-state index in [9.17, 15) is 0 Å². The van der Waals surface area contributed by atoms with Crippen molar-refractivity contribution in [1.29, 1.82) is 0 Å². The van der Waals surface area contributed by atoms with Crippen molar-refractivity contribution in [2.75, 3.05) is 5.73 Å². The van der Waals surface area contributed by atoms with Gasteiger partial charge in [-0.25, -0.2) is 15.0 Å². The number of aromatic nitrogens is 4. The van der Waals surface area contributed by atoms with Crippen molar-refractivity contribution < 1.29 is 0 Å². The van der Waals surface area contributed by atoms with E-state index in [2.05, 4.69) is 28.8 Å². The van der Waals surface area contributed by atoms with Gasteiger partial charge in [0.05, 0.1) is 6.33 Å². The summed E-state index contributed by atoms with van der Waals surface area (Å²) in [4.78, 5) is 12.3. The van der Waals surface area contributed by atoms with Crippen LogP contribution in [0.2, 0.25) is 0 Å². The molecule has 2 N–H and O–H groups in total. The number of imidazole rings is 1. The molecule has 0 unspecified atom stereocenters. The average Bonchev–Trinajstić information content (AvgIpc) is 2.59. The van der Waals surface area contributed by atoms with Crippen LogP contribution in [0.1, 0.15) is 20.3 Å². The molecule has 2 heterocycles. The molecular formula is C10H15N5. The summed E-state index contributed by atoms with van der Waals surface area (Å²) in [6.07, 6.45) is 4.36. The summed E-state index contributed by atoms with van der Waals surface area (Å²) in [5.74, 6) is 1.12.